The highest BCUT2D eigenvalue weighted by molar-refractivity contribution is 5.97. The molecule has 0 atom stereocenters. The van der Waals surface area contributed by atoms with E-state index >= 15 is 0 Å². The third-order valence-electron chi connectivity index (χ3n) is 6.09. The van der Waals surface area contributed by atoms with Crippen LogP contribution in [0.5, 0.6) is 17.2 Å². The zero-order chi connectivity index (χ0) is 19.1. The highest BCUT2D eigenvalue weighted by Gasteiger charge is 2.29. The molecule has 2 aromatic carbocycles. The van der Waals surface area contributed by atoms with Gasteiger partial charge in [0.1, 0.15) is 5.75 Å². The van der Waals surface area contributed by atoms with Crippen molar-refractivity contribution in [2.45, 2.75) is 19.3 Å². The smallest absolute Gasteiger partial charge is 0.257 e. The molecule has 3 aliphatic rings. The van der Waals surface area contributed by atoms with E-state index in [1.807, 2.05) is 4.90 Å². The maximum Gasteiger partial charge on any atom is 0.257 e. The van der Waals surface area contributed by atoms with Crippen LogP contribution in [0.4, 0.5) is 5.69 Å². The number of aromatic hydroxyl groups is 1. The predicted octanol–water partition coefficient (Wildman–Crippen LogP) is 3.04. The fourth-order valence-corrected chi connectivity index (χ4v) is 4.50. The van der Waals surface area contributed by atoms with Crippen molar-refractivity contribution in [1.29, 1.82) is 0 Å². The van der Waals surface area contributed by atoms with Gasteiger partial charge in [-0.25, -0.2) is 0 Å². The van der Waals surface area contributed by atoms with Gasteiger partial charge in [0.25, 0.3) is 5.91 Å². The first-order chi connectivity index (χ1) is 13.7. The van der Waals surface area contributed by atoms with Crippen molar-refractivity contribution < 1.29 is 19.4 Å². The Morgan fingerprint density at radius 2 is 1.82 bits per heavy atom. The molecule has 1 N–H and O–H groups in total. The number of rotatable bonds is 3. The Balaban J connectivity index is 1.21. The monoisotopic (exact) mass is 380 g/mol. The van der Waals surface area contributed by atoms with Gasteiger partial charge >= 0.3 is 0 Å². The van der Waals surface area contributed by atoms with Gasteiger partial charge in [-0.05, 0) is 36.8 Å². The molecule has 0 unspecified atom stereocenters. The first-order valence-electron chi connectivity index (χ1n) is 9.94. The normalized spacial score (nSPS) is 18.4. The molecule has 146 valence electrons. The van der Waals surface area contributed by atoms with Gasteiger partial charge in [0, 0.05) is 44.0 Å². The number of phenols is 1. The molecular weight excluding hydrogens is 356 g/mol. The number of para-hydroxylation sites is 1. The summed E-state index contributed by atoms with van der Waals surface area (Å²) in [4.78, 5) is 17.2. The Labute approximate surface area is 164 Å². The van der Waals surface area contributed by atoms with Crippen molar-refractivity contribution in [2.24, 2.45) is 5.92 Å². The highest BCUT2D eigenvalue weighted by Crippen LogP contribution is 2.38. The van der Waals surface area contributed by atoms with Crippen molar-refractivity contribution in [2.75, 3.05) is 37.9 Å². The SMILES string of the molecule is O=C(c1cc2c(cc1O)OCO2)N1CCC(CN2CCc3ccccc32)CC1. The van der Waals surface area contributed by atoms with E-state index in [0.717, 1.165) is 32.4 Å². The molecule has 0 aromatic heterocycles. The maximum absolute atomic E-state index is 12.9. The number of carbonyl (C=O) groups excluding carboxylic acids is 1. The van der Waals surface area contributed by atoms with Crippen molar-refractivity contribution >= 4 is 11.6 Å². The van der Waals surface area contributed by atoms with Crippen LogP contribution in [0.1, 0.15) is 28.8 Å². The molecule has 2 aromatic rings. The maximum atomic E-state index is 12.9. The summed E-state index contributed by atoms with van der Waals surface area (Å²) in [7, 11) is 0. The van der Waals surface area contributed by atoms with Crippen LogP contribution in [-0.2, 0) is 6.42 Å². The van der Waals surface area contributed by atoms with Crippen LogP contribution in [0, 0.1) is 5.92 Å². The number of anilines is 1. The van der Waals surface area contributed by atoms with Crippen molar-refractivity contribution in [3.8, 4) is 17.2 Å². The highest BCUT2D eigenvalue weighted by atomic mass is 16.7. The molecule has 3 heterocycles. The van der Waals surface area contributed by atoms with Gasteiger partial charge in [-0.2, -0.15) is 0 Å². The van der Waals surface area contributed by atoms with E-state index in [0.29, 0.717) is 30.5 Å². The predicted molar refractivity (Wildman–Crippen MR) is 105 cm³/mol. The number of likely N-dealkylation sites (tertiary alicyclic amines) is 1. The Bertz CT molecular complexity index is 905. The number of carbonyl (C=O) groups is 1. The zero-order valence-corrected chi connectivity index (χ0v) is 15.8. The van der Waals surface area contributed by atoms with E-state index in [-0.39, 0.29) is 24.0 Å². The van der Waals surface area contributed by atoms with E-state index in [2.05, 4.69) is 29.2 Å². The second-order valence-corrected chi connectivity index (χ2v) is 7.78. The summed E-state index contributed by atoms with van der Waals surface area (Å²) in [5.74, 6) is 1.40. The molecule has 6 nitrogen and oxygen atoms in total. The molecule has 1 amide bonds. The number of fused-ring (bicyclic) bond motifs is 2. The Kier molecular flexibility index (Phi) is 4.26. The summed E-state index contributed by atoms with van der Waals surface area (Å²) in [6, 6.07) is 11.7. The lowest BCUT2D eigenvalue weighted by Gasteiger charge is -2.34. The van der Waals surface area contributed by atoms with E-state index in [1.54, 1.807) is 6.07 Å². The number of amides is 1. The van der Waals surface area contributed by atoms with Crippen LogP contribution in [0.3, 0.4) is 0 Å². The molecule has 0 bridgehead atoms. The third kappa shape index (κ3) is 3.03. The largest absolute Gasteiger partial charge is 0.507 e. The molecule has 1 saturated heterocycles. The summed E-state index contributed by atoms with van der Waals surface area (Å²) in [6.45, 7) is 3.69. The summed E-state index contributed by atoms with van der Waals surface area (Å²) < 4.78 is 10.6. The fraction of sp³-hybridized carbons (Fsp3) is 0.409. The summed E-state index contributed by atoms with van der Waals surface area (Å²) >= 11 is 0. The van der Waals surface area contributed by atoms with Gasteiger partial charge in [-0.15, -0.1) is 0 Å². The molecule has 6 heteroatoms. The molecule has 1 fully saturated rings. The number of ether oxygens (including phenoxy) is 2. The second kappa shape index (κ2) is 6.93. The minimum Gasteiger partial charge on any atom is -0.507 e. The quantitative estimate of drug-likeness (QED) is 0.887. The summed E-state index contributed by atoms with van der Waals surface area (Å²) in [5.41, 5.74) is 3.09. The Hall–Kier alpha value is -2.89. The van der Waals surface area contributed by atoms with E-state index in [4.69, 9.17) is 9.47 Å². The lowest BCUT2D eigenvalue weighted by molar-refractivity contribution is 0.0689. The number of phenolic OH excluding ortho intramolecular Hbond substituents is 1. The molecule has 3 aliphatic heterocycles. The van der Waals surface area contributed by atoms with Crippen LogP contribution in [-0.4, -0.2) is 48.9 Å². The number of nitrogens with zero attached hydrogens (tertiary/aromatic N) is 2. The average Bonchev–Trinajstić information content (AvgIpc) is 3.34. The molecule has 0 radical (unpaired) electrons. The third-order valence-corrected chi connectivity index (χ3v) is 6.09. The van der Waals surface area contributed by atoms with Gasteiger partial charge < -0.3 is 24.4 Å². The van der Waals surface area contributed by atoms with Gasteiger partial charge in [-0.1, -0.05) is 18.2 Å². The van der Waals surface area contributed by atoms with Crippen molar-refractivity contribution in [3.05, 3.63) is 47.5 Å². The standard InChI is InChI=1S/C22H24N2O4/c25-19-12-21-20(27-14-28-21)11-17(19)22(26)23-8-5-15(6-9-23)13-24-10-7-16-3-1-2-4-18(16)24/h1-4,11-12,15,25H,5-10,13-14H2. The molecule has 0 aliphatic carbocycles. The van der Waals surface area contributed by atoms with Crippen LogP contribution in [0.15, 0.2) is 36.4 Å². The Morgan fingerprint density at radius 3 is 2.64 bits per heavy atom. The first-order valence-corrected chi connectivity index (χ1v) is 9.94. The topological polar surface area (TPSA) is 62.2 Å². The van der Waals surface area contributed by atoms with Crippen molar-refractivity contribution in [3.63, 3.8) is 0 Å². The molecule has 5 rings (SSSR count). The number of hydrogen-bond acceptors (Lipinski definition) is 5. The summed E-state index contributed by atoms with van der Waals surface area (Å²) in [6.07, 6.45) is 3.09. The Morgan fingerprint density at radius 1 is 1.07 bits per heavy atom. The van der Waals surface area contributed by atoms with Gasteiger partial charge in [0.15, 0.2) is 11.5 Å². The number of benzene rings is 2. The minimum atomic E-state index is -0.138. The van der Waals surface area contributed by atoms with Gasteiger partial charge in [0.2, 0.25) is 6.79 Å². The van der Waals surface area contributed by atoms with Crippen LogP contribution >= 0.6 is 0 Å². The molecule has 0 spiro atoms. The summed E-state index contributed by atoms with van der Waals surface area (Å²) in [5, 5.41) is 10.2. The minimum absolute atomic E-state index is 0.0509. The molecular formula is C22H24N2O4. The second-order valence-electron chi connectivity index (χ2n) is 7.78. The zero-order valence-electron chi connectivity index (χ0n) is 15.8. The lowest BCUT2D eigenvalue weighted by atomic mass is 9.95. The molecule has 0 saturated carbocycles. The number of piperidine rings is 1. The molecule has 28 heavy (non-hydrogen) atoms. The fourth-order valence-electron chi connectivity index (χ4n) is 4.50. The van der Waals surface area contributed by atoms with E-state index in [9.17, 15) is 9.90 Å². The average molecular weight is 380 g/mol. The van der Waals surface area contributed by atoms with Crippen LogP contribution in [0.25, 0.3) is 0 Å². The van der Waals surface area contributed by atoms with Crippen LogP contribution < -0.4 is 14.4 Å². The number of hydrogen-bond donors (Lipinski definition) is 1. The van der Waals surface area contributed by atoms with Gasteiger partial charge in [-0.3, -0.25) is 4.79 Å². The van der Waals surface area contributed by atoms with E-state index < -0.39 is 0 Å². The first kappa shape index (κ1) is 17.2. The van der Waals surface area contributed by atoms with Gasteiger partial charge in [0.05, 0.1) is 5.56 Å². The lowest BCUT2D eigenvalue weighted by Crippen LogP contribution is -2.41. The van der Waals surface area contributed by atoms with Crippen molar-refractivity contribution in [1.82, 2.24) is 4.90 Å². The van der Waals surface area contributed by atoms with E-state index in [1.165, 1.54) is 17.3 Å². The van der Waals surface area contributed by atoms with Crippen LogP contribution in [0.2, 0.25) is 0 Å².